The Labute approximate surface area is 205 Å². The Morgan fingerprint density at radius 2 is 1.62 bits per heavy atom. The van der Waals surface area contributed by atoms with Gasteiger partial charge in [-0.1, -0.05) is 29.3 Å². The Morgan fingerprint density at radius 1 is 1.03 bits per heavy atom. The summed E-state index contributed by atoms with van der Waals surface area (Å²) >= 11 is 9.22. The fraction of sp³-hybridized carbons (Fsp3) is 0.0588. The van der Waals surface area contributed by atoms with Crippen molar-refractivity contribution in [3.05, 3.63) is 70.3 Å². The number of aromatic amines is 3. The maximum Gasteiger partial charge on any atom is 0.524 e. The summed E-state index contributed by atoms with van der Waals surface area (Å²) in [7, 11) is -4.59. The summed E-state index contributed by atoms with van der Waals surface area (Å²) in [5, 5.41) is 25.0. The zero-order valence-corrected chi connectivity index (χ0v) is 20.6. The minimum atomic E-state index is -4.59. The van der Waals surface area contributed by atoms with Crippen molar-refractivity contribution in [3.8, 4) is 5.75 Å². The number of phosphoric acid groups is 1. The van der Waals surface area contributed by atoms with E-state index in [2.05, 4.69) is 66.7 Å². The van der Waals surface area contributed by atoms with Gasteiger partial charge in [0.25, 0.3) is 0 Å². The van der Waals surface area contributed by atoms with Gasteiger partial charge in [-0.05, 0) is 68.0 Å². The summed E-state index contributed by atoms with van der Waals surface area (Å²) in [4.78, 5) is 20.3. The summed E-state index contributed by atoms with van der Waals surface area (Å²) in [5.74, 6) is 0.0228. The van der Waals surface area contributed by atoms with Crippen LogP contribution in [-0.4, -0.2) is 56.0 Å². The third kappa shape index (κ3) is 9.64. The van der Waals surface area contributed by atoms with E-state index in [4.69, 9.17) is 27.1 Å². The lowest BCUT2D eigenvalue weighted by Gasteiger charge is -2.06. The van der Waals surface area contributed by atoms with Crippen LogP contribution >= 0.6 is 35.4 Å². The first-order valence-electron chi connectivity index (χ1n) is 9.04. The minimum Gasteiger partial charge on any atom is -0.402 e. The van der Waals surface area contributed by atoms with Gasteiger partial charge in [0, 0.05) is 16.4 Å². The average Bonchev–Trinajstić information content (AvgIpc) is 3.57. The largest absolute Gasteiger partial charge is 0.524 e. The van der Waals surface area contributed by atoms with E-state index in [1.807, 2.05) is 31.2 Å². The van der Waals surface area contributed by atoms with E-state index in [9.17, 15) is 4.57 Å². The third-order valence-electron chi connectivity index (χ3n) is 3.53. The molecular formula is C17H19BrClN10O4P. The van der Waals surface area contributed by atoms with Gasteiger partial charge >= 0.3 is 7.82 Å². The van der Waals surface area contributed by atoms with Crippen molar-refractivity contribution in [2.75, 3.05) is 5.73 Å². The van der Waals surface area contributed by atoms with Gasteiger partial charge in [0.1, 0.15) is 12.7 Å². The molecular weight excluding hydrogens is 555 g/mol. The van der Waals surface area contributed by atoms with Gasteiger partial charge in [-0.15, -0.1) is 10.2 Å². The molecule has 17 heteroatoms. The summed E-state index contributed by atoms with van der Waals surface area (Å²) in [5.41, 5.74) is 8.14. The normalized spacial score (nSPS) is 10.1. The van der Waals surface area contributed by atoms with Gasteiger partial charge in [-0.3, -0.25) is 9.79 Å². The van der Waals surface area contributed by atoms with E-state index in [-0.39, 0.29) is 5.75 Å². The number of nitrogens with one attached hydrogen (secondary N) is 3. The van der Waals surface area contributed by atoms with Gasteiger partial charge in [0.2, 0.25) is 0 Å². The summed E-state index contributed by atoms with van der Waals surface area (Å²) < 4.78 is 15.9. The SMILES string of the molecule is Cc1ccc(N)cc1.O=P(O)(O)Oc1c[nH]c2ccc(Br)c(Cl)c12.c1nnn[nH]1.c1nnn[nH]1. The molecule has 0 amide bonds. The number of benzene rings is 2. The van der Waals surface area contributed by atoms with Crippen LogP contribution in [0.5, 0.6) is 5.75 Å². The Bertz CT molecular complexity index is 1200. The van der Waals surface area contributed by atoms with E-state index in [0.717, 1.165) is 5.69 Å². The Hall–Kier alpha value is -3.36. The van der Waals surface area contributed by atoms with E-state index in [1.165, 1.54) is 24.4 Å². The van der Waals surface area contributed by atoms with Gasteiger partial charge in [-0.25, -0.2) is 14.8 Å². The number of rotatable bonds is 2. The molecule has 0 aliphatic heterocycles. The quantitative estimate of drug-likeness (QED) is 0.133. The zero-order chi connectivity index (χ0) is 25.0. The number of halogens is 2. The Kier molecular flexibility index (Phi) is 10.6. The van der Waals surface area contributed by atoms with Crippen molar-refractivity contribution in [3.63, 3.8) is 0 Å². The highest BCUT2D eigenvalue weighted by Gasteiger charge is 2.20. The number of anilines is 1. The molecule has 0 saturated carbocycles. The Morgan fingerprint density at radius 3 is 2.03 bits per heavy atom. The number of aryl methyl sites for hydroxylation is 1. The van der Waals surface area contributed by atoms with Crippen LogP contribution in [0.4, 0.5) is 5.69 Å². The van der Waals surface area contributed by atoms with Crippen LogP contribution in [0.15, 0.2) is 59.7 Å². The fourth-order valence-electron chi connectivity index (χ4n) is 2.15. The number of aromatic nitrogens is 9. The van der Waals surface area contributed by atoms with Gasteiger partial charge in [-0.2, -0.15) is 0 Å². The van der Waals surface area contributed by atoms with Gasteiger partial charge in [0.05, 0.1) is 15.9 Å². The summed E-state index contributed by atoms with van der Waals surface area (Å²) in [6, 6.07) is 11.2. The predicted molar refractivity (Wildman–Crippen MR) is 128 cm³/mol. The molecule has 5 rings (SSSR count). The molecule has 14 nitrogen and oxygen atoms in total. The lowest BCUT2D eigenvalue weighted by molar-refractivity contribution is 0.284. The number of nitrogens with two attached hydrogens (primary N) is 1. The van der Waals surface area contributed by atoms with Gasteiger partial charge in [0.15, 0.2) is 5.75 Å². The number of phosphoric ester groups is 1. The van der Waals surface area contributed by atoms with Crippen LogP contribution in [-0.2, 0) is 4.57 Å². The van der Waals surface area contributed by atoms with Crippen molar-refractivity contribution >= 4 is 51.9 Å². The summed E-state index contributed by atoms with van der Waals surface area (Å²) in [6.07, 6.45) is 4.15. The number of tetrazole rings is 2. The fourth-order valence-corrected chi connectivity index (χ4v) is 3.14. The van der Waals surface area contributed by atoms with Crippen molar-refractivity contribution in [1.82, 2.24) is 46.2 Å². The second kappa shape index (κ2) is 13.4. The molecule has 0 saturated heterocycles. The predicted octanol–water partition coefficient (Wildman–Crippen LogP) is 3.03. The first-order valence-corrected chi connectivity index (χ1v) is 11.7. The molecule has 0 atom stereocenters. The molecule has 0 bridgehead atoms. The van der Waals surface area contributed by atoms with E-state index in [0.29, 0.717) is 20.4 Å². The van der Waals surface area contributed by atoms with E-state index < -0.39 is 7.82 Å². The second-order valence-corrected chi connectivity index (χ2v) is 8.45. The van der Waals surface area contributed by atoms with Crippen molar-refractivity contribution in [2.24, 2.45) is 0 Å². The van der Waals surface area contributed by atoms with Crippen LogP contribution in [0.1, 0.15) is 5.56 Å². The first kappa shape index (κ1) is 26.9. The van der Waals surface area contributed by atoms with Crippen LogP contribution in [0.25, 0.3) is 10.9 Å². The van der Waals surface area contributed by atoms with Crippen molar-refractivity contribution in [1.29, 1.82) is 0 Å². The Balaban J connectivity index is 0.000000186. The van der Waals surface area contributed by atoms with Crippen molar-refractivity contribution < 1.29 is 18.9 Å². The molecule has 2 aromatic carbocycles. The standard InChI is InChI=1S/C8H6BrClNO4P.C7H9N.2CH2N4/c9-4-1-2-5-7(8(4)10)6(3-11-5)15-16(12,13)14;1-6-2-4-7(8)5-3-6;2*1-2-4-5-3-1/h1-3,11H,(H2,12,13,14);2-5H,8H2,1H3;2*1H,(H,2,3,4,5). The number of hydrogen-bond acceptors (Lipinski definition) is 9. The molecule has 3 aromatic heterocycles. The monoisotopic (exact) mass is 572 g/mol. The number of nitrogens with zero attached hydrogens (tertiary/aromatic N) is 6. The van der Waals surface area contributed by atoms with Crippen LogP contribution in [0.2, 0.25) is 5.02 Å². The molecule has 3 heterocycles. The second-order valence-electron chi connectivity index (χ2n) is 6.06. The summed E-state index contributed by atoms with van der Waals surface area (Å²) in [6.45, 7) is 2.04. The first-order chi connectivity index (χ1) is 16.2. The third-order valence-corrected chi connectivity index (χ3v) is 5.25. The van der Waals surface area contributed by atoms with Crippen LogP contribution in [0.3, 0.4) is 0 Å². The topological polar surface area (TPSA) is 217 Å². The van der Waals surface area contributed by atoms with Crippen LogP contribution < -0.4 is 10.3 Å². The van der Waals surface area contributed by atoms with E-state index >= 15 is 0 Å². The molecule has 0 aliphatic rings. The number of H-pyrrole nitrogens is 3. The molecule has 0 aliphatic carbocycles. The number of nitrogen functional groups attached to an aromatic ring is 1. The van der Waals surface area contributed by atoms with Crippen LogP contribution in [0, 0.1) is 6.92 Å². The zero-order valence-electron chi connectivity index (χ0n) is 17.4. The molecule has 0 spiro atoms. The van der Waals surface area contributed by atoms with Gasteiger partial charge < -0.3 is 15.2 Å². The molecule has 34 heavy (non-hydrogen) atoms. The highest BCUT2D eigenvalue weighted by molar-refractivity contribution is 9.10. The van der Waals surface area contributed by atoms with E-state index in [1.54, 1.807) is 12.1 Å². The minimum absolute atomic E-state index is 0.0228. The maximum absolute atomic E-state index is 10.7. The molecule has 0 unspecified atom stereocenters. The highest BCUT2D eigenvalue weighted by atomic mass is 79.9. The smallest absolute Gasteiger partial charge is 0.402 e. The number of hydrogen-bond donors (Lipinski definition) is 6. The number of fused-ring (bicyclic) bond motifs is 1. The molecule has 5 aromatic rings. The van der Waals surface area contributed by atoms with Crippen molar-refractivity contribution in [2.45, 2.75) is 6.92 Å². The lowest BCUT2D eigenvalue weighted by atomic mass is 10.2. The molecule has 0 fully saturated rings. The lowest BCUT2D eigenvalue weighted by Crippen LogP contribution is -1.89. The molecule has 0 radical (unpaired) electrons. The maximum atomic E-state index is 10.7. The molecule has 180 valence electrons. The average molecular weight is 574 g/mol. The molecule has 7 N–H and O–H groups in total. The highest BCUT2D eigenvalue weighted by Crippen LogP contribution is 2.44.